The van der Waals surface area contributed by atoms with Crippen molar-refractivity contribution in [3.05, 3.63) is 29.8 Å². The monoisotopic (exact) mass is 276 g/mol. The molecule has 0 spiro atoms. The second-order valence-electron chi connectivity index (χ2n) is 6.16. The smallest absolute Gasteiger partial charge is 0.119 e. The number of piperidine rings is 1. The number of nitrogens with two attached hydrogens (primary N) is 1. The summed E-state index contributed by atoms with van der Waals surface area (Å²) >= 11 is 0. The molecule has 1 aliphatic rings. The van der Waals surface area contributed by atoms with Gasteiger partial charge in [0.15, 0.2) is 0 Å². The highest BCUT2D eigenvalue weighted by molar-refractivity contribution is 5.31. The molecule has 0 bridgehead atoms. The largest absolute Gasteiger partial charge is 0.494 e. The molecule has 2 rings (SSSR count). The van der Waals surface area contributed by atoms with Gasteiger partial charge in [-0.2, -0.15) is 0 Å². The van der Waals surface area contributed by atoms with Crippen LogP contribution in [0.4, 0.5) is 0 Å². The van der Waals surface area contributed by atoms with Crippen LogP contribution in [0.1, 0.15) is 38.8 Å². The fraction of sp³-hybridized carbons (Fsp3) is 0.647. The molecule has 1 aliphatic heterocycles. The molecule has 112 valence electrons. The van der Waals surface area contributed by atoms with E-state index in [1.807, 2.05) is 13.0 Å². The van der Waals surface area contributed by atoms with Crippen LogP contribution in [0.3, 0.4) is 0 Å². The third-order valence-electron chi connectivity index (χ3n) is 4.12. The molecule has 0 saturated carbocycles. The maximum absolute atomic E-state index is 6.07. The molecule has 1 aromatic rings. The topological polar surface area (TPSA) is 38.5 Å². The minimum Gasteiger partial charge on any atom is -0.494 e. The van der Waals surface area contributed by atoms with Gasteiger partial charge in [0, 0.05) is 25.7 Å². The third-order valence-corrected chi connectivity index (χ3v) is 4.12. The van der Waals surface area contributed by atoms with Crippen LogP contribution in [0.5, 0.6) is 5.75 Å². The van der Waals surface area contributed by atoms with Crippen molar-refractivity contribution in [1.29, 1.82) is 0 Å². The van der Waals surface area contributed by atoms with Gasteiger partial charge in [-0.1, -0.05) is 26.0 Å². The van der Waals surface area contributed by atoms with Gasteiger partial charge < -0.3 is 10.5 Å². The van der Waals surface area contributed by atoms with Crippen molar-refractivity contribution in [2.24, 2.45) is 17.6 Å². The van der Waals surface area contributed by atoms with Crippen molar-refractivity contribution in [3.63, 3.8) is 0 Å². The van der Waals surface area contributed by atoms with Crippen molar-refractivity contribution in [2.45, 2.75) is 33.2 Å². The minimum atomic E-state index is 0.306. The first-order chi connectivity index (χ1) is 9.63. The number of benzene rings is 1. The van der Waals surface area contributed by atoms with Crippen molar-refractivity contribution < 1.29 is 4.74 Å². The molecule has 3 atom stereocenters. The number of nitrogens with zero attached hydrogens (tertiary/aromatic N) is 1. The van der Waals surface area contributed by atoms with E-state index < -0.39 is 0 Å². The first-order valence-electron chi connectivity index (χ1n) is 7.80. The summed E-state index contributed by atoms with van der Waals surface area (Å²) in [6.45, 7) is 10.3. The van der Waals surface area contributed by atoms with E-state index in [4.69, 9.17) is 10.5 Å². The van der Waals surface area contributed by atoms with Crippen LogP contribution in [-0.2, 0) is 0 Å². The SMILES string of the molecule is CCOc1cccc(C(CN)N2CC(C)CC(C)C2)c1. The first-order valence-corrected chi connectivity index (χ1v) is 7.80. The summed E-state index contributed by atoms with van der Waals surface area (Å²) in [6.07, 6.45) is 1.33. The minimum absolute atomic E-state index is 0.306. The van der Waals surface area contributed by atoms with Crippen LogP contribution < -0.4 is 10.5 Å². The molecular formula is C17H28N2O. The molecule has 20 heavy (non-hydrogen) atoms. The zero-order chi connectivity index (χ0) is 14.5. The lowest BCUT2D eigenvalue weighted by Gasteiger charge is -2.40. The Bertz CT molecular complexity index is 411. The fourth-order valence-electron chi connectivity index (χ4n) is 3.44. The molecular weight excluding hydrogens is 248 g/mol. The fourth-order valence-corrected chi connectivity index (χ4v) is 3.44. The Morgan fingerprint density at radius 2 is 2.00 bits per heavy atom. The van der Waals surface area contributed by atoms with E-state index in [-0.39, 0.29) is 0 Å². The van der Waals surface area contributed by atoms with Crippen molar-refractivity contribution in [3.8, 4) is 5.75 Å². The maximum atomic E-state index is 6.07. The summed E-state index contributed by atoms with van der Waals surface area (Å²) in [6, 6.07) is 8.71. The molecule has 3 heteroatoms. The predicted molar refractivity (Wildman–Crippen MR) is 83.9 cm³/mol. The van der Waals surface area contributed by atoms with Crippen molar-refractivity contribution in [1.82, 2.24) is 4.90 Å². The number of hydrogen-bond donors (Lipinski definition) is 1. The van der Waals surface area contributed by atoms with Crippen molar-refractivity contribution in [2.75, 3.05) is 26.2 Å². The molecule has 2 N–H and O–H groups in total. The van der Waals surface area contributed by atoms with Gasteiger partial charge >= 0.3 is 0 Å². The summed E-state index contributed by atoms with van der Waals surface area (Å²) in [5, 5.41) is 0. The standard InChI is InChI=1S/C17H28N2O/c1-4-20-16-7-5-6-15(9-16)17(10-18)19-11-13(2)8-14(3)12-19/h5-7,9,13-14,17H,4,8,10-12,18H2,1-3H3. The number of likely N-dealkylation sites (tertiary alicyclic amines) is 1. The summed E-state index contributed by atoms with van der Waals surface area (Å²) in [5.74, 6) is 2.45. The summed E-state index contributed by atoms with van der Waals surface area (Å²) in [5.41, 5.74) is 7.35. The lowest BCUT2D eigenvalue weighted by Crippen LogP contribution is -2.43. The van der Waals surface area contributed by atoms with E-state index in [2.05, 4.69) is 36.9 Å². The van der Waals surface area contributed by atoms with Gasteiger partial charge in [-0.05, 0) is 42.9 Å². The molecule has 1 aromatic carbocycles. The van der Waals surface area contributed by atoms with Crippen molar-refractivity contribution >= 4 is 0 Å². The average molecular weight is 276 g/mol. The Labute approximate surface area is 123 Å². The highest BCUT2D eigenvalue weighted by Crippen LogP contribution is 2.30. The summed E-state index contributed by atoms with van der Waals surface area (Å²) < 4.78 is 5.61. The second kappa shape index (κ2) is 7.09. The lowest BCUT2D eigenvalue weighted by molar-refractivity contribution is 0.0983. The number of hydrogen-bond acceptors (Lipinski definition) is 3. The Morgan fingerprint density at radius 1 is 1.30 bits per heavy atom. The van der Waals surface area contributed by atoms with Gasteiger partial charge in [-0.25, -0.2) is 0 Å². The van der Waals surface area contributed by atoms with E-state index in [1.165, 1.54) is 12.0 Å². The van der Waals surface area contributed by atoms with Gasteiger partial charge in [0.2, 0.25) is 0 Å². The van der Waals surface area contributed by atoms with Crippen LogP contribution in [0.15, 0.2) is 24.3 Å². The van der Waals surface area contributed by atoms with E-state index in [0.29, 0.717) is 19.2 Å². The molecule has 3 nitrogen and oxygen atoms in total. The molecule has 1 fully saturated rings. The van der Waals surface area contributed by atoms with E-state index in [0.717, 1.165) is 30.7 Å². The normalized spacial score (nSPS) is 25.4. The molecule has 0 aromatic heterocycles. The lowest BCUT2D eigenvalue weighted by atomic mass is 9.89. The first kappa shape index (κ1) is 15.3. The molecule has 0 aliphatic carbocycles. The van der Waals surface area contributed by atoms with Gasteiger partial charge in [0.1, 0.15) is 5.75 Å². The molecule has 0 amide bonds. The summed E-state index contributed by atoms with van der Waals surface area (Å²) in [7, 11) is 0. The van der Waals surface area contributed by atoms with Crippen LogP contribution >= 0.6 is 0 Å². The van der Waals surface area contributed by atoms with Gasteiger partial charge in [-0.15, -0.1) is 0 Å². The third kappa shape index (κ3) is 3.74. The van der Waals surface area contributed by atoms with Gasteiger partial charge in [-0.3, -0.25) is 4.90 Å². The van der Waals surface area contributed by atoms with Gasteiger partial charge in [0.25, 0.3) is 0 Å². The predicted octanol–water partition coefficient (Wildman–Crippen LogP) is 3.06. The average Bonchev–Trinajstić information content (AvgIpc) is 2.39. The molecule has 1 heterocycles. The van der Waals surface area contributed by atoms with E-state index in [9.17, 15) is 0 Å². The second-order valence-corrected chi connectivity index (χ2v) is 6.16. The maximum Gasteiger partial charge on any atom is 0.119 e. The number of ether oxygens (including phenoxy) is 1. The Morgan fingerprint density at radius 3 is 2.60 bits per heavy atom. The van der Waals surface area contributed by atoms with Crippen LogP contribution in [0, 0.1) is 11.8 Å². The Balaban J connectivity index is 2.16. The highest BCUT2D eigenvalue weighted by Gasteiger charge is 2.27. The van der Waals surface area contributed by atoms with Crippen LogP contribution in [-0.4, -0.2) is 31.1 Å². The molecule has 3 unspecified atom stereocenters. The van der Waals surface area contributed by atoms with E-state index >= 15 is 0 Å². The van der Waals surface area contributed by atoms with Crippen LogP contribution in [0.25, 0.3) is 0 Å². The highest BCUT2D eigenvalue weighted by atomic mass is 16.5. The zero-order valence-corrected chi connectivity index (χ0v) is 13.0. The quantitative estimate of drug-likeness (QED) is 0.898. The van der Waals surface area contributed by atoms with E-state index in [1.54, 1.807) is 0 Å². The van der Waals surface area contributed by atoms with Crippen LogP contribution in [0.2, 0.25) is 0 Å². The number of rotatable bonds is 5. The molecule has 0 radical (unpaired) electrons. The zero-order valence-electron chi connectivity index (χ0n) is 13.0. The summed E-state index contributed by atoms with van der Waals surface area (Å²) in [4.78, 5) is 2.55. The Hall–Kier alpha value is -1.06. The van der Waals surface area contributed by atoms with Gasteiger partial charge in [0.05, 0.1) is 6.61 Å². The molecule has 1 saturated heterocycles. The Kier molecular flexibility index (Phi) is 5.44.